The van der Waals surface area contributed by atoms with Gasteiger partial charge in [0.15, 0.2) is 5.78 Å². The number of likely N-dealkylation sites (tertiary alicyclic amines) is 1. The highest BCUT2D eigenvalue weighted by molar-refractivity contribution is 6.01. The molecule has 1 aromatic carbocycles. The molecule has 1 aliphatic rings. The lowest BCUT2D eigenvalue weighted by molar-refractivity contribution is 0.0730. The van der Waals surface area contributed by atoms with Crippen molar-refractivity contribution in [1.82, 2.24) is 9.88 Å². The Bertz CT molecular complexity index is 569. The Balaban J connectivity index is 1.90. The van der Waals surface area contributed by atoms with Crippen LogP contribution in [0.2, 0.25) is 0 Å². The number of fused-ring (bicyclic) bond motifs is 1. The maximum absolute atomic E-state index is 12.7. The molecule has 100 valence electrons. The first kappa shape index (κ1) is 12.4. The molecule has 0 radical (unpaired) electrons. The lowest BCUT2D eigenvalue weighted by atomic mass is 9.86. The van der Waals surface area contributed by atoms with Gasteiger partial charge in [0.25, 0.3) is 0 Å². The van der Waals surface area contributed by atoms with Crippen molar-refractivity contribution in [2.75, 3.05) is 13.6 Å². The van der Waals surface area contributed by atoms with Gasteiger partial charge in [0, 0.05) is 22.9 Å². The predicted octanol–water partition coefficient (Wildman–Crippen LogP) is 3.08. The van der Waals surface area contributed by atoms with Crippen LogP contribution in [-0.2, 0) is 0 Å². The van der Waals surface area contributed by atoms with Gasteiger partial charge in [-0.2, -0.15) is 0 Å². The third kappa shape index (κ3) is 2.19. The van der Waals surface area contributed by atoms with Crippen molar-refractivity contribution in [3.8, 4) is 0 Å². The van der Waals surface area contributed by atoms with Crippen LogP contribution >= 0.6 is 0 Å². The van der Waals surface area contributed by atoms with Crippen molar-refractivity contribution < 1.29 is 4.79 Å². The van der Waals surface area contributed by atoms with Crippen molar-refractivity contribution in [2.45, 2.75) is 25.8 Å². The summed E-state index contributed by atoms with van der Waals surface area (Å²) in [6.45, 7) is 3.25. The van der Waals surface area contributed by atoms with Crippen LogP contribution in [0.25, 0.3) is 10.9 Å². The number of nitrogens with one attached hydrogen (secondary N) is 1. The number of ketones is 1. The summed E-state index contributed by atoms with van der Waals surface area (Å²) in [6.07, 6.45) is 2.11. The largest absolute Gasteiger partial charge is 0.352 e. The van der Waals surface area contributed by atoms with Crippen molar-refractivity contribution in [2.24, 2.45) is 5.92 Å². The van der Waals surface area contributed by atoms with Crippen molar-refractivity contribution in [3.05, 3.63) is 36.0 Å². The molecule has 1 aliphatic heterocycles. The molecule has 2 atom stereocenters. The quantitative estimate of drug-likeness (QED) is 0.838. The normalized spacial score (nSPS) is 24.7. The van der Waals surface area contributed by atoms with Gasteiger partial charge in [-0.15, -0.1) is 0 Å². The zero-order chi connectivity index (χ0) is 13.4. The highest BCUT2D eigenvalue weighted by atomic mass is 16.1. The van der Waals surface area contributed by atoms with Crippen LogP contribution in [-0.4, -0.2) is 35.3 Å². The number of benzene rings is 1. The maximum atomic E-state index is 12.7. The Hall–Kier alpha value is -1.61. The van der Waals surface area contributed by atoms with Crippen LogP contribution in [0.3, 0.4) is 0 Å². The van der Waals surface area contributed by atoms with Gasteiger partial charge in [-0.25, -0.2) is 0 Å². The number of para-hydroxylation sites is 1. The number of carbonyl (C=O) groups is 1. The SMILES string of the molecule is CC1C(C(=O)c2cc3ccccc3[nH]2)CCCN1C. The van der Waals surface area contributed by atoms with Crippen molar-refractivity contribution in [1.29, 1.82) is 0 Å². The molecule has 0 aliphatic carbocycles. The minimum atomic E-state index is 0.117. The van der Waals surface area contributed by atoms with Crippen molar-refractivity contribution in [3.63, 3.8) is 0 Å². The minimum absolute atomic E-state index is 0.117. The van der Waals surface area contributed by atoms with Gasteiger partial charge in [-0.3, -0.25) is 4.79 Å². The molecule has 1 N–H and O–H groups in total. The lowest BCUT2D eigenvalue weighted by Gasteiger charge is -2.35. The number of Topliss-reactive ketones (excluding diaryl/α,β-unsaturated/α-hetero) is 1. The molecular formula is C16H20N2O. The standard InChI is InChI=1S/C16H20N2O/c1-11-13(7-5-9-18(11)2)16(19)15-10-12-6-3-4-8-14(12)17-15/h3-4,6,8,10-11,13,17H,5,7,9H2,1-2H3. The molecule has 0 spiro atoms. The fourth-order valence-electron chi connectivity index (χ4n) is 3.07. The highest BCUT2D eigenvalue weighted by Gasteiger charge is 2.32. The van der Waals surface area contributed by atoms with Crippen LogP contribution in [0.1, 0.15) is 30.3 Å². The Morgan fingerprint density at radius 1 is 1.37 bits per heavy atom. The highest BCUT2D eigenvalue weighted by Crippen LogP contribution is 2.26. The number of nitrogens with zero attached hydrogens (tertiary/aromatic N) is 1. The smallest absolute Gasteiger partial charge is 0.183 e. The Morgan fingerprint density at radius 3 is 2.95 bits per heavy atom. The maximum Gasteiger partial charge on any atom is 0.183 e. The van der Waals surface area contributed by atoms with E-state index in [0.29, 0.717) is 6.04 Å². The van der Waals surface area contributed by atoms with E-state index >= 15 is 0 Å². The molecule has 2 unspecified atom stereocenters. The van der Waals surface area contributed by atoms with Crippen LogP contribution in [0, 0.1) is 5.92 Å². The second-order valence-corrected chi connectivity index (χ2v) is 5.60. The number of aromatic nitrogens is 1. The zero-order valence-electron chi connectivity index (χ0n) is 11.5. The van der Waals surface area contributed by atoms with Gasteiger partial charge in [-0.05, 0) is 45.5 Å². The molecular weight excluding hydrogens is 236 g/mol. The van der Waals surface area contributed by atoms with E-state index in [1.165, 1.54) is 0 Å². The molecule has 2 heterocycles. The second kappa shape index (κ2) is 4.82. The molecule has 0 saturated carbocycles. The summed E-state index contributed by atoms with van der Waals surface area (Å²) in [7, 11) is 2.11. The molecule has 19 heavy (non-hydrogen) atoms. The first-order chi connectivity index (χ1) is 9.16. The van der Waals surface area contributed by atoms with E-state index in [4.69, 9.17) is 0 Å². The number of hydrogen-bond acceptors (Lipinski definition) is 2. The van der Waals surface area contributed by atoms with Gasteiger partial charge in [0.05, 0.1) is 5.69 Å². The molecule has 3 nitrogen and oxygen atoms in total. The predicted molar refractivity (Wildman–Crippen MR) is 77.4 cm³/mol. The number of hydrogen-bond donors (Lipinski definition) is 1. The fourth-order valence-corrected chi connectivity index (χ4v) is 3.07. The molecule has 1 aromatic heterocycles. The topological polar surface area (TPSA) is 36.1 Å². The van der Waals surface area contributed by atoms with E-state index in [1.807, 2.05) is 30.3 Å². The van der Waals surface area contributed by atoms with E-state index in [0.717, 1.165) is 36.0 Å². The monoisotopic (exact) mass is 256 g/mol. The Morgan fingerprint density at radius 2 is 2.16 bits per heavy atom. The summed E-state index contributed by atoms with van der Waals surface area (Å²) < 4.78 is 0. The third-order valence-electron chi connectivity index (χ3n) is 4.44. The summed E-state index contributed by atoms with van der Waals surface area (Å²) in [5, 5.41) is 1.11. The molecule has 1 saturated heterocycles. The fraction of sp³-hybridized carbons (Fsp3) is 0.438. The minimum Gasteiger partial charge on any atom is -0.352 e. The molecule has 2 aromatic rings. The molecule has 3 heteroatoms. The van der Waals surface area contributed by atoms with E-state index < -0.39 is 0 Å². The van der Waals surface area contributed by atoms with E-state index in [9.17, 15) is 4.79 Å². The van der Waals surface area contributed by atoms with Crippen LogP contribution in [0.5, 0.6) is 0 Å². The summed E-state index contributed by atoms with van der Waals surface area (Å²) >= 11 is 0. The Labute approximate surface area is 113 Å². The molecule has 1 fully saturated rings. The molecule has 0 amide bonds. The summed E-state index contributed by atoms with van der Waals surface area (Å²) in [5.74, 6) is 0.377. The average molecular weight is 256 g/mol. The zero-order valence-corrected chi connectivity index (χ0v) is 11.5. The van der Waals surface area contributed by atoms with Gasteiger partial charge in [-0.1, -0.05) is 18.2 Å². The second-order valence-electron chi connectivity index (χ2n) is 5.60. The number of carbonyl (C=O) groups excluding carboxylic acids is 1. The molecule has 0 bridgehead atoms. The number of piperidine rings is 1. The summed E-state index contributed by atoms with van der Waals surface area (Å²) in [6, 6.07) is 10.4. The van der Waals surface area contributed by atoms with Gasteiger partial charge < -0.3 is 9.88 Å². The average Bonchev–Trinajstić information content (AvgIpc) is 2.85. The number of H-pyrrole nitrogens is 1. The first-order valence-corrected chi connectivity index (χ1v) is 6.99. The van der Waals surface area contributed by atoms with Crippen molar-refractivity contribution >= 4 is 16.7 Å². The van der Waals surface area contributed by atoms with E-state index in [1.54, 1.807) is 0 Å². The van der Waals surface area contributed by atoms with Crippen LogP contribution in [0.15, 0.2) is 30.3 Å². The number of aromatic amines is 1. The third-order valence-corrected chi connectivity index (χ3v) is 4.44. The van der Waals surface area contributed by atoms with Crippen LogP contribution < -0.4 is 0 Å². The first-order valence-electron chi connectivity index (χ1n) is 6.99. The summed E-state index contributed by atoms with van der Waals surface area (Å²) in [4.78, 5) is 18.2. The van der Waals surface area contributed by atoms with Gasteiger partial charge in [0.1, 0.15) is 0 Å². The lowest BCUT2D eigenvalue weighted by Crippen LogP contribution is -2.44. The number of rotatable bonds is 2. The van der Waals surface area contributed by atoms with E-state index in [2.05, 4.69) is 23.9 Å². The van der Waals surface area contributed by atoms with Crippen LogP contribution in [0.4, 0.5) is 0 Å². The Kier molecular flexibility index (Phi) is 3.15. The van der Waals surface area contributed by atoms with Gasteiger partial charge in [0.2, 0.25) is 0 Å². The molecule has 3 rings (SSSR count). The van der Waals surface area contributed by atoms with E-state index in [-0.39, 0.29) is 11.7 Å². The summed E-state index contributed by atoms with van der Waals surface area (Å²) in [5.41, 5.74) is 1.80. The van der Waals surface area contributed by atoms with Gasteiger partial charge >= 0.3 is 0 Å².